The summed E-state index contributed by atoms with van der Waals surface area (Å²) in [4.78, 5) is 0. The molecule has 0 heterocycles. The molecule has 2 aromatic rings. The van der Waals surface area contributed by atoms with Crippen LogP contribution in [0.15, 0.2) is 48.5 Å². The van der Waals surface area contributed by atoms with E-state index >= 15 is 0 Å². The molecular weight excluding hydrogens is 196 g/mol. The van der Waals surface area contributed by atoms with Crippen LogP contribution in [0.1, 0.15) is 6.92 Å². The molecule has 3 N–H and O–H groups in total. The van der Waals surface area contributed by atoms with Gasteiger partial charge in [-0.1, -0.05) is 42.5 Å². The fourth-order valence-corrected chi connectivity index (χ4v) is 1.80. The lowest BCUT2D eigenvalue weighted by atomic mass is 10.0. The van der Waals surface area contributed by atoms with Gasteiger partial charge in [-0.2, -0.15) is 0 Å². The highest BCUT2D eigenvalue weighted by atomic mass is 14.9. The highest BCUT2D eigenvalue weighted by Crippen LogP contribution is 2.32. The zero-order chi connectivity index (χ0) is 11.4. The Morgan fingerprint density at radius 1 is 1.00 bits per heavy atom. The van der Waals surface area contributed by atoms with Crippen molar-refractivity contribution in [3.8, 4) is 11.1 Å². The Morgan fingerprint density at radius 3 is 2.44 bits per heavy atom. The third kappa shape index (κ3) is 2.01. The summed E-state index contributed by atoms with van der Waals surface area (Å²) in [6.07, 6.45) is 0. The molecule has 0 bridgehead atoms. The zero-order valence-corrected chi connectivity index (χ0v) is 9.40. The van der Waals surface area contributed by atoms with Crippen LogP contribution in [-0.2, 0) is 0 Å². The van der Waals surface area contributed by atoms with Crippen LogP contribution in [-0.4, -0.2) is 6.54 Å². The number of nitrogens with one attached hydrogen (secondary N) is 1. The van der Waals surface area contributed by atoms with E-state index in [-0.39, 0.29) is 0 Å². The number of hydrogen-bond donors (Lipinski definition) is 2. The molecule has 2 rings (SSSR count). The fraction of sp³-hybridized carbons (Fsp3) is 0.143. The number of para-hydroxylation sites is 1. The Kier molecular flexibility index (Phi) is 3.10. The first-order valence-electron chi connectivity index (χ1n) is 5.50. The van der Waals surface area contributed by atoms with Crippen LogP contribution in [0.3, 0.4) is 0 Å². The van der Waals surface area contributed by atoms with Crippen molar-refractivity contribution in [1.29, 1.82) is 0 Å². The molecule has 0 atom stereocenters. The maximum absolute atomic E-state index is 5.98. The molecule has 0 saturated carbocycles. The first kappa shape index (κ1) is 10.6. The third-order valence-corrected chi connectivity index (χ3v) is 2.54. The summed E-state index contributed by atoms with van der Waals surface area (Å²) in [5.74, 6) is 0. The summed E-state index contributed by atoms with van der Waals surface area (Å²) in [7, 11) is 0. The Hall–Kier alpha value is -1.96. The average Bonchev–Trinajstić information content (AvgIpc) is 2.33. The molecule has 2 nitrogen and oxygen atoms in total. The van der Waals surface area contributed by atoms with Crippen molar-refractivity contribution in [1.82, 2.24) is 0 Å². The van der Waals surface area contributed by atoms with Crippen molar-refractivity contribution >= 4 is 11.4 Å². The van der Waals surface area contributed by atoms with Gasteiger partial charge in [-0.3, -0.25) is 0 Å². The summed E-state index contributed by atoms with van der Waals surface area (Å²) in [5.41, 5.74) is 10.1. The molecule has 0 unspecified atom stereocenters. The molecule has 0 aliphatic carbocycles. The quantitative estimate of drug-likeness (QED) is 0.765. The van der Waals surface area contributed by atoms with E-state index in [1.807, 2.05) is 30.3 Å². The minimum Gasteiger partial charge on any atom is -0.397 e. The van der Waals surface area contributed by atoms with Crippen LogP contribution in [0, 0.1) is 0 Å². The predicted octanol–water partition coefficient (Wildman–Crippen LogP) is 3.37. The number of hydrogen-bond acceptors (Lipinski definition) is 2. The molecular formula is C14H16N2. The third-order valence-electron chi connectivity index (χ3n) is 2.54. The summed E-state index contributed by atoms with van der Waals surface area (Å²) >= 11 is 0. The topological polar surface area (TPSA) is 38.0 Å². The molecule has 16 heavy (non-hydrogen) atoms. The Balaban J connectivity index is 2.52. The van der Waals surface area contributed by atoms with Crippen LogP contribution in [0.5, 0.6) is 0 Å². The van der Waals surface area contributed by atoms with Crippen LogP contribution < -0.4 is 11.1 Å². The largest absolute Gasteiger partial charge is 0.397 e. The minimum absolute atomic E-state index is 0.795. The van der Waals surface area contributed by atoms with Gasteiger partial charge in [-0.25, -0.2) is 0 Å². The van der Waals surface area contributed by atoms with Crippen LogP contribution >= 0.6 is 0 Å². The van der Waals surface area contributed by atoms with Gasteiger partial charge in [0.05, 0.1) is 11.4 Å². The van der Waals surface area contributed by atoms with Crippen molar-refractivity contribution in [2.75, 3.05) is 17.6 Å². The number of anilines is 2. The number of nitrogen functional groups attached to an aromatic ring is 1. The van der Waals surface area contributed by atoms with Gasteiger partial charge in [0.25, 0.3) is 0 Å². The molecule has 0 aromatic heterocycles. The minimum atomic E-state index is 0.795. The van der Waals surface area contributed by atoms with Crippen LogP contribution in [0.25, 0.3) is 11.1 Å². The van der Waals surface area contributed by atoms with Crippen molar-refractivity contribution in [2.45, 2.75) is 6.92 Å². The monoisotopic (exact) mass is 212 g/mol. The maximum Gasteiger partial charge on any atom is 0.0653 e. The number of nitrogens with two attached hydrogens (primary N) is 1. The van der Waals surface area contributed by atoms with E-state index in [4.69, 9.17) is 5.73 Å². The molecule has 0 saturated heterocycles. The smallest absolute Gasteiger partial charge is 0.0653 e. The van der Waals surface area contributed by atoms with Gasteiger partial charge < -0.3 is 11.1 Å². The SMILES string of the molecule is CCNc1c(N)cccc1-c1ccccc1. The summed E-state index contributed by atoms with van der Waals surface area (Å²) in [6.45, 7) is 2.94. The second-order valence-corrected chi connectivity index (χ2v) is 3.67. The molecule has 82 valence electrons. The van der Waals surface area contributed by atoms with Gasteiger partial charge in [-0.05, 0) is 18.6 Å². The summed E-state index contributed by atoms with van der Waals surface area (Å²) < 4.78 is 0. The first-order chi connectivity index (χ1) is 7.83. The molecule has 0 aliphatic rings. The van der Waals surface area contributed by atoms with Gasteiger partial charge in [0.1, 0.15) is 0 Å². The second-order valence-electron chi connectivity index (χ2n) is 3.67. The van der Waals surface area contributed by atoms with E-state index in [1.165, 1.54) is 5.56 Å². The predicted molar refractivity (Wildman–Crippen MR) is 70.5 cm³/mol. The molecule has 0 radical (unpaired) electrons. The van der Waals surface area contributed by atoms with Gasteiger partial charge in [0, 0.05) is 12.1 Å². The molecule has 0 spiro atoms. The molecule has 2 heteroatoms. The Bertz CT molecular complexity index is 463. The lowest BCUT2D eigenvalue weighted by Gasteiger charge is -2.13. The standard InChI is InChI=1S/C14H16N2/c1-2-16-14-12(9-6-10-13(14)15)11-7-4-3-5-8-11/h3-10,16H,2,15H2,1H3. The van der Waals surface area contributed by atoms with E-state index in [0.29, 0.717) is 0 Å². The highest BCUT2D eigenvalue weighted by Gasteiger charge is 2.06. The molecule has 0 aliphatic heterocycles. The van der Waals surface area contributed by atoms with Crippen molar-refractivity contribution in [3.05, 3.63) is 48.5 Å². The van der Waals surface area contributed by atoms with Gasteiger partial charge in [0.15, 0.2) is 0 Å². The summed E-state index contributed by atoms with van der Waals surface area (Å²) in [6, 6.07) is 16.3. The van der Waals surface area contributed by atoms with E-state index in [2.05, 4.69) is 30.4 Å². The van der Waals surface area contributed by atoms with Crippen molar-refractivity contribution < 1.29 is 0 Å². The van der Waals surface area contributed by atoms with Crippen molar-refractivity contribution in [3.63, 3.8) is 0 Å². The lowest BCUT2D eigenvalue weighted by molar-refractivity contribution is 1.21. The van der Waals surface area contributed by atoms with Crippen LogP contribution in [0.2, 0.25) is 0 Å². The normalized spacial score (nSPS) is 10.1. The molecule has 2 aromatic carbocycles. The first-order valence-corrected chi connectivity index (χ1v) is 5.50. The maximum atomic E-state index is 5.98. The number of rotatable bonds is 3. The van der Waals surface area contributed by atoms with Crippen molar-refractivity contribution in [2.24, 2.45) is 0 Å². The summed E-state index contributed by atoms with van der Waals surface area (Å²) in [5, 5.41) is 3.32. The molecule has 0 fully saturated rings. The average molecular weight is 212 g/mol. The van der Waals surface area contributed by atoms with E-state index < -0.39 is 0 Å². The van der Waals surface area contributed by atoms with Gasteiger partial charge in [0.2, 0.25) is 0 Å². The highest BCUT2D eigenvalue weighted by molar-refractivity contribution is 5.86. The Labute approximate surface area is 96.1 Å². The van der Waals surface area contributed by atoms with Gasteiger partial charge >= 0.3 is 0 Å². The zero-order valence-electron chi connectivity index (χ0n) is 9.40. The van der Waals surface area contributed by atoms with Gasteiger partial charge in [-0.15, -0.1) is 0 Å². The number of benzene rings is 2. The lowest BCUT2D eigenvalue weighted by Crippen LogP contribution is -2.02. The van der Waals surface area contributed by atoms with E-state index in [0.717, 1.165) is 23.5 Å². The second kappa shape index (κ2) is 4.71. The Morgan fingerprint density at radius 2 is 1.75 bits per heavy atom. The molecule has 0 amide bonds. The van der Waals surface area contributed by atoms with E-state index in [1.54, 1.807) is 0 Å². The fourth-order valence-electron chi connectivity index (χ4n) is 1.80. The van der Waals surface area contributed by atoms with Crippen LogP contribution in [0.4, 0.5) is 11.4 Å². The van der Waals surface area contributed by atoms with E-state index in [9.17, 15) is 0 Å².